The van der Waals surface area contributed by atoms with Crippen molar-refractivity contribution >= 4 is 19.7 Å². The van der Waals surface area contributed by atoms with Crippen LogP contribution in [0.1, 0.15) is 142 Å². The molecule has 282 valence electrons. The Morgan fingerprint density at radius 1 is 0.653 bits per heavy atom. The van der Waals surface area contributed by atoms with E-state index in [1.165, 1.54) is 32.1 Å². The van der Waals surface area contributed by atoms with Gasteiger partial charge in [0.15, 0.2) is 0 Å². The Morgan fingerprint density at radius 2 is 1.16 bits per heavy atom. The number of hydrogen-bond acceptors (Lipinski definition) is 7. The van der Waals surface area contributed by atoms with Crippen molar-refractivity contribution in [3.63, 3.8) is 0 Å². The van der Waals surface area contributed by atoms with Crippen LogP contribution in [0.2, 0.25) is 0 Å². The number of carbonyl (C=O) groups excluding carboxylic acids is 2. The van der Waals surface area contributed by atoms with E-state index in [0.29, 0.717) is 6.42 Å². The van der Waals surface area contributed by atoms with Crippen molar-refractivity contribution in [3.8, 4) is 0 Å². The lowest BCUT2D eigenvalue weighted by Gasteiger charge is -2.15. The lowest BCUT2D eigenvalue weighted by Crippen LogP contribution is -2.27. The number of hydrogen-bond donors (Lipinski definition) is 3. The second-order valence-electron chi connectivity index (χ2n) is 12.2. The lowest BCUT2D eigenvalue weighted by atomic mass is 10.1. The molecule has 9 nitrogen and oxygen atoms in total. The van der Waals surface area contributed by atoms with Crippen LogP contribution in [0.15, 0.2) is 60.8 Å². The van der Waals surface area contributed by atoms with Gasteiger partial charge in [0.2, 0.25) is 5.91 Å². The molecule has 0 aliphatic heterocycles. The second-order valence-corrected chi connectivity index (χ2v) is 13.6. The van der Waals surface area contributed by atoms with Gasteiger partial charge in [0.1, 0.15) is 12.7 Å². The van der Waals surface area contributed by atoms with Crippen LogP contribution in [-0.4, -0.2) is 54.3 Å². The van der Waals surface area contributed by atoms with Crippen LogP contribution in [0.25, 0.3) is 0 Å². The van der Waals surface area contributed by atoms with Gasteiger partial charge in [0, 0.05) is 19.4 Å². The van der Waals surface area contributed by atoms with Crippen molar-refractivity contribution in [1.82, 2.24) is 5.32 Å². The molecular formula is C39H68NO8P. The molecule has 2 atom stereocenters. The molecule has 1 amide bonds. The molecule has 0 radical (unpaired) electrons. The molecule has 49 heavy (non-hydrogen) atoms. The molecule has 0 aliphatic carbocycles. The molecule has 0 saturated heterocycles. The van der Waals surface area contributed by atoms with Crippen molar-refractivity contribution in [3.05, 3.63) is 60.8 Å². The Bertz CT molecular complexity index is 992. The molecule has 0 aromatic carbocycles. The van der Waals surface area contributed by atoms with E-state index in [9.17, 15) is 24.2 Å². The summed E-state index contributed by atoms with van der Waals surface area (Å²) >= 11 is 0. The maximum atomic E-state index is 12.0. The van der Waals surface area contributed by atoms with Gasteiger partial charge in [-0.1, -0.05) is 113 Å². The summed E-state index contributed by atoms with van der Waals surface area (Å²) in [4.78, 5) is 33.7. The van der Waals surface area contributed by atoms with Crippen LogP contribution in [0.5, 0.6) is 0 Å². The van der Waals surface area contributed by atoms with Gasteiger partial charge in [-0.2, -0.15) is 0 Å². The fourth-order valence-corrected chi connectivity index (χ4v) is 5.36. The Balaban J connectivity index is 3.72. The number of esters is 1. The zero-order valence-corrected chi connectivity index (χ0v) is 31.5. The minimum absolute atomic E-state index is 0.0556. The molecule has 0 spiro atoms. The van der Waals surface area contributed by atoms with Crippen LogP contribution < -0.4 is 5.32 Å². The molecule has 3 N–H and O–H groups in total. The average Bonchev–Trinajstić information content (AvgIpc) is 3.08. The van der Waals surface area contributed by atoms with E-state index in [2.05, 4.69) is 79.9 Å². The normalized spacial score (nSPS) is 14.1. The van der Waals surface area contributed by atoms with Gasteiger partial charge in [-0.05, 0) is 77.0 Å². The Labute approximate surface area is 298 Å². The summed E-state index contributed by atoms with van der Waals surface area (Å²) in [5.41, 5.74) is 0. The molecule has 0 saturated carbocycles. The van der Waals surface area contributed by atoms with Gasteiger partial charge in [-0.15, -0.1) is 0 Å². The number of ether oxygens (including phenoxy) is 1. The first-order chi connectivity index (χ1) is 23.8. The van der Waals surface area contributed by atoms with Crippen molar-refractivity contribution in [1.29, 1.82) is 0 Å². The molecule has 10 heteroatoms. The first-order valence-electron chi connectivity index (χ1n) is 18.8. The number of phosphoric acid groups is 1. The molecular weight excluding hydrogens is 641 g/mol. The molecule has 0 rings (SSSR count). The van der Waals surface area contributed by atoms with Gasteiger partial charge in [0.05, 0.1) is 13.2 Å². The topological polar surface area (TPSA) is 131 Å². The minimum Gasteiger partial charge on any atom is -0.463 e. The van der Waals surface area contributed by atoms with Crippen LogP contribution >= 0.6 is 7.82 Å². The maximum Gasteiger partial charge on any atom is 0.472 e. The third-order valence-electron chi connectivity index (χ3n) is 7.43. The number of allylic oxidation sites excluding steroid dienone is 10. The van der Waals surface area contributed by atoms with Crippen molar-refractivity contribution < 1.29 is 37.9 Å². The van der Waals surface area contributed by atoms with Crippen molar-refractivity contribution in [2.45, 2.75) is 148 Å². The largest absolute Gasteiger partial charge is 0.472 e. The highest BCUT2D eigenvalue weighted by Gasteiger charge is 2.23. The summed E-state index contributed by atoms with van der Waals surface area (Å²) < 4.78 is 26.7. The molecule has 0 aliphatic rings. The Hall–Kier alpha value is -2.29. The standard InChI is InChI=1S/C39H68NO8P/c1-3-5-7-9-11-13-15-17-18-20-21-23-25-27-29-31-38(42)40-33-34-47-49(44,45)48-36-37(41)35-46-39(43)32-30-28-26-24-22-19-16-14-12-10-8-6-4-2/h5,7,11,13-14,16-18,21,23,37,41H,3-4,6,8-10,12,15,19-20,22,24-36H2,1-2H3,(H,40,42)(H,44,45)/b7-5-,13-11-,16-14-,18-17-,23-21-. The predicted octanol–water partition coefficient (Wildman–Crippen LogP) is 9.76. The third kappa shape index (κ3) is 36.8. The molecule has 0 fully saturated rings. The summed E-state index contributed by atoms with van der Waals surface area (Å²) in [6, 6.07) is 0. The fraction of sp³-hybridized carbons (Fsp3) is 0.692. The molecule has 0 heterocycles. The smallest absolute Gasteiger partial charge is 0.463 e. The van der Waals surface area contributed by atoms with Crippen molar-refractivity contribution in [2.24, 2.45) is 0 Å². The number of phosphoric ester groups is 1. The quantitative estimate of drug-likeness (QED) is 0.0261. The van der Waals surface area contributed by atoms with E-state index >= 15 is 0 Å². The summed E-state index contributed by atoms with van der Waals surface area (Å²) in [5, 5.41) is 12.6. The number of unbranched alkanes of at least 4 members (excludes halogenated alkanes) is 11. The van der Waals surface area contributed by atoms with E-state index in [0.717, 1.165) is 83.5 Å². The van der Waals surface area contributed by atoms with E-state index in [-0.39, 0.29) is 32.1 Å². The summed E-state index contributed by atoms with van der Waals surface area (Å²) in [5.74, 6) is -0.574. The van der Waals surface area contributed by atoms with Gasteiger partial charge in [-0.25, -0.2) is 4.57 Å². The third-order valence-corrected chi connectivity index (χ3v) is 8.42. The number of aliphatic hydroxyl groups is 1. The van der Waals surface area contributed by atoms with Crippen LogP contribution in [0.3, 0.4) is 0 Å². The van der Waals surface area contributed by atoms with E-state index < -0.39 is 26.5 Å². The molecule has 2 unspecified atom stereocenters. The number of amides is 1. The number of carbonyl (C=O) groups is 2. The van der Waals surface area contributed by atoms with E-state index in [4.69, 9.17) is 13.8 Å². The van der Waals surface area contributed by atoms with Gasteiger partial charge >= 0.3 is 13.8 Å². The SMILES string of the molecule is CC/C=C\C/C=C\C/C=C\C/C=C\CCCCC(=O)NCCOP(=O)(O)OCC(O)COC(=O)CCCCCCC/C=C\CCCCCC. The maximum absolute atomic E-state index is 12.0. The van der Waals surface area contributed by atoms with Gasteiger partial charge in [0.25, 0.3) is 0 Å². The second kappa shape index (κ2) is 35.5. The fourth-order valence-electron chi connectivity index (χ4n) is 4.60. The highest BCUT2D eigenvalue weighted by molar-refractivity contribution is 7.47. The zero-order valence-electron chi connectivity index (χ0n) is 30.6. The summed E-state index contributed by atoms with van der Waals surface area (Å²) in [7, 11) is -4.43. The van der Waals surface area contributed by atoms with Gasteiger partial charge in [-0.3, -0.25) is 18.6 Å². The molecule has 0 bridgehead atoms. The molecule has 0 aromatic rings. The number of rotatable bonds is 34. The summed E-state index contributed by atoms with van der Waals surface area (Å²) in [6.45, 7) is 3.33. The average molecular weight is 710 g/mol. The highest BCUT2D eigenvalue weighted by Crippen LogP contribution is 2.42. The van der Waals surface area contributed by atoms with E-state index in [1.54, 1.807) is 0 Å². The summed E-state index contributed by atoms with van der Waals surface area (Å²) in [6.07, 6.45) is 40.1. The van der Waals surface area contributed by atoms with Crippen LogP contribution in [0, 0.1) is 0 Å². The zero-order chi connectivity index (χ0) is 36.1. The van der Waals surface area contributed by atoms with Gasteiger partial charge < -0.3 is 20.1 Å². The van der Waals surface area contributed by atoms with Crippen LogP contribution in [-0.2, 0) is 27.9 Å². The predicted molar refractivity (Wildman–Crippen MR) is 201 cm³/mol. The number of aliphatic hydroxyl groups excluding tert-OH is 1. The van der Waals surface area contributed by atoms with Crippen LogP contribution in [0.4, 0.5) is 0 Å². The lowest BCUT2D eigenvalue weighted by molar-refractivity contribution is -0.147. The highest BCUT2D eigenvalue weighted by atomic mass is 31.2. The Kier molecular flexibility index (Phi) is 33.9. The Morgan fingerprint density at radius 3 is 1.80 bits per heavy atom. The first kappa shape index (κ1) is 46.7. The number of nitrogens with one attached hydrogen (secondary N) is 1. The minimum atomic E-state index is -4.43. The molecule has 0 aromatic heterocycles. The first-order valence-corrected chi connectivity index (χ1v) is 20.3. The van der Waals surface area contributed by atoms with Crippen molar-refractivity contribution in [2.75, 3.05) is 26.4 Å². The van der Waals surface area contributed by atoms with E-state index in [1.807, 2.05) is 0 Å². The monoisotopic (exact) mass is 709 g/mol.